The summed E-state index contributed by atoms with van der Waals surface area (Å²) in [4.78, 5) is 105. The number of fused-ring (bicyclic) bond motifs is 2. The van der Waals surface area contributed by atoms with Gasteiger partial charge in [0.05, 0.1) is 32.8 Å². The fraction of sp³-hybridized carbons (Fsp3) is 0.478. The number of carbonyl (C=O) groups is 8. The molecular weight excluding hydrogens is 889 g/mol. The van der Waals surface area contributed by atoms with Crippen molar-refractivity contribution in [1.29, 1.82) is 0 Å². The first kappa shape index (κ1) is 52.7. The molecule has 8 atom stereocenters. The van der Waals surface area contributed by atoms with Crippen LogP contribution in [0.2, 0.25) is 0 Å². The van der Waals surface area contributed by atoms with Crippen molar-refractivity contribution in [3.05, 3.63) is 95.6 Å². The van der Waals surface area contributed by atoms with E-state index in [1.54, 1.807) is 37.3 Å². The van der Waals surface area contributed by atoms with Crippen LogP contribution in [-0.4, -0.2) is 133 Å². The fourth-order valence-electron chi connectivity index (χ4n) is 9.30. The SMILES string of the molecule is C=C[C@@H]1C[C@]1(NC(=O)[C@@H]1C[C@@H](OC(=O)N2Cc3cccc(F)c3C2)CN1C(C)=O)C(=O)O.C=C[C@@H]1C[C@]1(NC(=O)[C@@H]1C[C@@H](OC(=O)N2Cc3cccc(F)c3C2)CN1C(C)=O)C(=O)OCC.[Li+].[OH-]. The maximum Gasteiger partial charge on any atom is 1.00 e. The second-order valence-electron chi connectivity index (χ2n) is 17.4. The maximum absolute atomic E-state index is 14.0. The van der Waals surface area contributed by atoms with E-state index in [9.17, 15) is 52.2 Å². The average Bonchev–Trinajstić information content (AvgIpc) is 3.72. The van der Waals surface area contributed by atoms with E-state index in [-0.39, 0.29) is 125 Å². The van der Waals surface area contributed by atoms with Crippen molar-refractivity contribution in [1.82, 2.24) is 30.2 Å². The van der Waals surface area contributed by atoms with Gasteiger partial charge < -0.3 is 45.2 Å². The number of hydrogen-bond acceptors (Lipinski definition) is 12. The number of carboxylic acids is 1. The summed E-state index contributed by atoms with van der Waals surface area (Å²) in [7, 11) is 0. The van der Waals surface area contributed by atoms with Crippen molar-refractivity contribution in [3.63, 3.8) is 0 Å². The van der Waals surface area contributed by atoms with Crippen LogP contribution < -0.4 is 29.5 Å². The number of esters is 1. The summed E-state index contributed by atoms with van der Waals surface area (Å²) < 4.78 is 44.2. The summed E-state index contributed by atoms with van der Waals surface area (Å²) in [6.07, 6.45) is 1.05. The van der Waals surface area contributed by atoms with Crippen molar-refractivity contribution in [3.8, 4) is 0 Å². The first-order valence-corrected chi connectivity index (χ1v) is 21.6. The van der Waals surface area contributed by atoms with Crippen molar-refractivity contribution < 1.29 is 90.8 Å². The van der Waals surface area contributed by atoms with Gasteiger partial charge in [0.15, 0.2) is 0 Å². The normalized spacial score (nSPS) is 26.8. The van der Waals surface area contributed by atoms with Crippen molar-refractivity contribution in [2.45, 2.75) is 108 Å². The summed E-state index contributed by atoms with van der Waals surface area (Å²) in [5, 5.41) is 14.8. The molecule has 2 aromatic rings. The molecule has 0 unspecified atom stereocenters. The number of rotatable bonds is 11. The summed E-state index contributed by atoms with van der Waals surface area (Å²) >= 11 is 0. The Kier molecular flexibility index (Phi) is 16.2. The summed E-state index contributed by atoms with van der Waals surface area (Å²) in [6, 6.07) is 7.49. The molecule has 4 heterocycles. The molecule has 4 fully saturated rings. The smallest absolute Gasteiger partial charge is 0.870 e. The van der Waals surface area contributed by atoms with Gasteiger partial charge in [0, 0.05) is 62.7 Å². The van der Waals surface area contributed by atoms with E-state index in [4.69, 9.17) is 14.2 Å². The summed E-state index contributed by atoms with van der Waals surface area (Å²) in [5.41, 5.74) is -0.274. The largest absolute Gasteiger partial charge is 1.00 e. The Morgan fingerprint density at radius 3 is 1.49 bits per heavy atom. The van der Waals surface area contributed by atoms with Gasteiger partial charge in [0.1, 0.15) is 47.0 Å². The first-order valence-electron chi connectivity index (χ1n) is 21.6. The van der Waals surface area contributed by atoms with Crippen LogP contribution in [0, 0.1) is 23.5 Å². The third-order valence-corrected chi connectivity index (χ3v) is 13.2. The fourth-order valence-corrected chi connectivity index (χ4v) is 9.30. The molecule has 0 spiro atoms. The van der Waals surface area contributed by atoms with Crippen LogP contribution in [0.1, 0.15) is 68.7 Å². The Hall–Kier alpha value is -6.30. The van der Waals surface area contributed by atoms with E-state index in [0.717, 1.165) is 5.56 Å². The van der Waals surface area contributed by atoms with E-state index in [1.165, 1.54) is 51.7 Å². The molecule has 68 heavy (non-hydrogen) atoms. The summed E-state index contributed by atoms with van der Waals surface area (Å²) in [5.74, 6) is -4.96. The van der Waals surface area contributed by atoms with Crippen LogP contribution in [0.3, 0.4) is 0 Å². The first-order chi connectivity index (χ1) is 31.4. The number of carbonyl (C=O) groups excluding carboxylic acids is 7. The molecule has 4 N–H and O–H groups in total. The maximum atomic E-state index is 14.0. The second kappa shape index (κ2) is 20.9. The minimum absolute atomic E-state index is 0. The van der Waals surface area contributed by atoms with E-state index in [2.05, 4.69) is 23.8 Å². The molecule has 8 rings (SSSR count). The molecule has 6 amide bonds. The van der Waals surface area contributed by atoms with Gasteiger partial charge >= 0.3 is 43.0 Å². The number of likely N-dealkylation sites (tertiary alicyclic amines) is 2. The zero-order valence-electron chi connectivity index (χ0n) is 38.2. The van der Waals surface area contributed by atoms with Crippen molar-refractivity contribution in [2.24, 2.45) is 11.8 Å². The Morgan fingerprint density at radius 1 is 0.721 bits per heavy atom. The molecule has 0 radical (unpaired) electrons. The number of benzene rings is 2. The van der Waals surface area contributed by atoms with Crippen LogP contribution in [-0.2, 0) is 69.2 Å². The topological polar surface area (TPSA) is 251 Å². The van der Waals surface area contributed by atoms with E-state index >= 15 is 0 Å². The number of halogens is 2. The van der Waals surface area contributed by atoms with Crippen LogP contribution in [0.25, 0.3) is 0 Å². The zero-order valence-corrected chi connectivity index (χ0v) is 38.2. The molecule has 2 saturated carbocycles. The van der Waals surface area contributed by atoms with Crippen LogP contribution in [0.15, 0.2) is 61.7 Å². The number of carboxylic acid groups (broad SMARTS) is 1. The monoisotopic (exact) mass is 942 g/mol. The number of aliphatic carboxylic acids is 1. The number of ether oxygens (including phenoxy) is 3. The Bertz CT molecular complexity index is 2390. The Balaban J connectivity index is 0.000000247. The van der Waals surface area contributed by atoms with Crippen LogP contribution >= 0.6 is 0 Å². The van der Waals surface area contributed by atoms with Gasteiger partial charge in [0.25, 0.3) is 0 Å². The summed E-state index contributed by atoms with van der Waals surface area (Å²) in [6.45, 7) is 12.4. The molecule has 2 aromatic carbocycles. The van der Waals surface area contributed by atoms with E-state index in [0.29, 0.717) is 23.1 Å². The minimum Gasteiger partial charge on any atom is -0.870 e. The molecule has 0 aromatic heterocycles. The van der Waals surface area contributed by atoms with Crippen LogP contribution in [0.4, 0.5) is 18.4 Å². The molecule has 4 aliphatic heterocycles. The zero-order chi connectivity index (χ0) is 47.8. The Morgan fingerprint density at radius 2 is 1.13 bits per heavy atom. The standard InChI is InChI=1S/C24H28FN3O6.C22H24FN3O6.Li.H2O/c1-4-16-10-24(16,22(31)33-5-2)26-21(30)20-9-17(12-28(20)14(3)29)34-23(32)27-11-15-7-6-8-19(25)18(15)13-27;1-3-14-8-22(14,20(29)30)24-19(28)18-7-15(10-26(18)12(2)27)32-21(31)25-9-13-5-4-6-17(23)16(13)11-25;;/h4,6-8,16-17,20H,1,5,9-13H2,2-3H3,(H,26,30);3-6,14-15,18H,1,7-11H2,2H3,(H,24,28)(H,29,30);;1H2/q;;+1;/p-1/t16-,17-,20+,24-;14-,15-,18+,22-;;/m11../s1. The quantitative estimate of drug-likeness (QED) is 0.118. The molecule has 0 bridgehead atoms. The van der Waals surface area contributed by atoms with Gasteiger partial charge in [-0.2, -0.15) is 0 Å². The molecule has 2 aliphatic carbocycles. The van der Waals surface area contributed by atoms with E-state index in [1.807, 2.05) is 0 Å². The molecule has 22 heteroatoms. The van der Waals surface area contributed by atoms with Crippen LogP contribution in [0.5, 0.6) is 0 Å². The third-order valence-electron chi connectivity index (χ3n) is 13.2. The molecular formula is C46H53F2LiN6O13. The van der Waals surface area contributed by atoms with Gasteiger partial charge in [-0.3, -0.25) is 29.0 Å². The number of nitrogens with zero attached hydrogens (tertiary/aromatic N) is 4. The molecule has 6 aliphatic rings. The second-order valence-corrected chi connectivity index (χ2v) is 17.4. The van der Waals surface area contributed by atoms with Crippen molar-refractivity contribution >= 4 is 47.8 Å². The predicted molar refractivity (Wildman–Crippen MR) is 228 cm³/mol. The number of hydrogen-bond donors (Lipinski definition) is 3. The minimum atomic E-state index is -1.42. The molecule has 360 valence electrons. The van der Waals surface area contributed by atoms with Gasteiger partial charge in [-0.05, 0) is 43.0 Å². The number of amides is 6. The number of nitrogens with one attached hydrogen (secondary N) is 2. The predicted octanol–water partition coefficient (Wildman–Crippen LogP) is 0.131. The Labute approximate surface area is 402 Å². The van der Waals surface area contributed by atoms with Gasteiger partial charge in [-0.25, -0.2) is 28.0 Å². The van der Waals surface area contributed by atoms with Gasteiger partial charge in [0.2, 0.25) is 23.6 Å². The van der Waals surface area contributed by atoms with E-state index < -0.39 is 71.3 Å². The van der Waals surface area contributed by atoms with Gasteiger partial charge in [-0.15, -0.1) is 13.2 Å². The third kappa shape index (κ3) is 10.4. The van der Waals surface area contributed by atoms with Gasteiger partial charge in [-0.1, -0.05) is 36.4 Å². The molecule has 19 nitrogen and oxygen atoms in total. The van der Waals surface area contributed by atoms with Crippen molar-refractivity contribution in [2.75, 3.05) is 19.7 Å². The average molecular weight is 943 g/mol. The molecule has 2 saturated heterocycles.